The standard InChI is InChI=1S/C9H9N2/c1-2-8-7-5-3-4-6-9(7)11-10-8/h3-6H,2H2,1H3. The lowest BCUT2D eigenvalue weighted by Gasteiger charge is -1.89. The Balaban J connectivity index is 2.79. The Labute approximate surface area is 65.2 Å². The summed E-state index contributed by atoms with van der Waals surface area (Å²) in [6.45, 7) is 2.09. The maximum absolute atomic E-state index is 4.06. The van der Waals surface area contributed by atoms with Crippen molar-refractivity contribution in [3.8, 4) is 0 Å². The first-order chi connectivity index (χ1) is 5.42. The van der Waals surface area contributed by atoms with Crippen LogP contribution in [-0.2, 0) is 0 Å². The van der Waals surface area contributed by atoms with Gasteiger partial charge in [-0.25, -0.2) is 0 Å². The second kappa shape index (κ2) is 2.38. The third-order valence-corrected chi connectivity index (χ3v) is 1.83. The van der Waals surface area contributed by atoms with Gasteiger partial charge in [-0.2, -0.15) is 10.5 Å². The van der Waals surface area contributed by atoms with Crippen LogP contribution in [0.4, 0.5) is 0 Å². The molecule has 0 aromatic heterocycles. The Bertz CT molecular complexity index is 379. The average molecular weight is 145 g/mol. The lowest BCUT2D eigenvalue weighted by Crippen LogP contribution is -2.21. The summed E-state index contributed by atoms with van der Waals surface area (Å²) in [7, 11) is 0. The third-order valence-electron chi connectivity index (χ3n) is 1.83. The van der Waals surface area contributed by atoms with E-state index in [4.69, 9.17) is 0 Å². The van der Waals surface area contributed by atoms with Crippen LogP contribution in [0.15, 0.2) is 29.4 Å². The summed E-state index contributed by atoms with van der Waals surface area (Å²) in [5.41, 5.74) is 5.16. The topological polar surface area (TPSA) is 26.5 Å². The molecule has 0 saturated heterocycles. The number of rotatable bonds is 1. The maximum Gasteiger partial charge on any atom is 0.0948 e. The third kappa shape index (κ3) is 0.909. The van der Waals surface area contributed by atoms with Crippen LogP contribution < -0.4 is 16.0 Å². The van der Waals surface area contributed by atoms with E-state index in [9.17, 15) is 0 Å². The van der Waals surface area contributed by atoms with Gasteiger partial charge in [0.25, 0.3) is 0 Å². The van der Waals surface area contributed by atoms with E-state index in [1.807, 2.05) is 18.2 Å². The SMILES string of the molecule is CCC1=c2ccccc2=N[N]1. The molecule has 1 aromatic carbocycles. The predicted molar refractivity (Wildman–Crippen MR) is 43.1 cm³/mol. The van der Waals surface area contributed by atoms with Gasteiger partial charge in [-0.1, -0.05) is 25.1 Å². The van der Waals surface area contributed by atoms with Gasteiger partial charge in [0.15, 0.2) is 0 Å². The fourth-order valence-corrected chi connectivity index (χ4v) is 1.23. The molecule has 0 N–H and O–H groups in total. The Kier molecular flexibility index (Phi) is 1.39. The molecule has 0 bridgehead atoms. The van der Waals surface area contributed by atoms with Crippen molar-refractivity contribution in [3.63, 3.8) is 0 Å². The predicted octanol–water partition coefficient (Wildman–Crippen LogP) is 0.357. The zero-order valence-corrected chi connectivity index (χ0v) is 6.41. The highest BCUT2D eigenvalue weighted by Crippen LogP contribution is 1.97. The molecule has 0 spiro atoms. The fourth-order valence-electron chi connectivity index (χ4n) is 1.23. The molecule has 1 aliphatic rings. The van der Waals surface area contributed by atoms with Crippen molar-refractivity contribution in [2.75, 3.05) is 0 Å². The summed E-state index contributed by atoms with van der Waals surface area (Å²) in [5, 5.41) is 6.23. The van der Waals surface area contributed by atoms with Crippen LogP contribution >= 0.6 is 0 Å². The lowest BCUT2D eigenvalue weighted by molar-refractivity contribution is 0.911. The molecule has 0 atom stereocenters. The van der Waals surface area contributed by atoms with Gasteiger partial charge in [0, 0.05) is 5.22 Å². The van der Waals surface area contributed by atoms with Crippen LogP contribution in [0.1, 0.15) is 13.3 Å². The Morgan fingerprint density at radius 2 is 2.09 bits per heavy atom. The van der Waals surface area contributed by atoms with Gasteiger partial charge >= 0.3 is 0 Å². The van der Waals surface area contributed by atoms with Crippen molar-refractivity contribution in [2.24, 2.45) is 5.10 Å². The minimum atomic E-state index is 0.959. The van der Waals surface area contributed by atoms with Crippen LogP contribution in [0.25, 0.3) is 5.70 Å². The van der Waals surface area contributed by atoms with E-state index in [-0.39, 0.29) is 0 Å². The molecule has 55 valence electrons. The molecule has 1 radical (unpaired) electrons. The van der Waals surface area contributed by atoms with Gasteiger partial charge in [-0.3, -0.25) is 0 Å². The van der Waals surface area contributed by atoms with E-state index in [1.165, 1.54) is 5.22 Å². The van der Waals surface area contributed by atoms with E-state index in [2.05, 4.69) is 23.5 Å². The van der Waals surface area contributed by atoms with Crippen LogP contribution in [0.2, 0.25) is 0 Å². The smallest absolute Gasteiger partial charge is 0.0948 e. The van der Waals surface area contributed by atoms with E-state index in [1.54, 1.807) is 0 Å². The van der Waals surface area contributed by atoms with E-state index in [0.29, 0.717) is 0 Å². The molecule has 1 heterocycles. The van der Waals surface area contributed by atoms with Gasteiger partial charge in [0.05, 0.1) is 11.1 Å². The number of hydrogen-bond acceptors (Lipinski definition) is 1. The first-order valence-corrected chi connectivity index (χ1v) is 3.79. The molecule has 2 heteroatoms. The van der Waals surface area contributed by atoms with Gasteiger partial charge in [-0.15, -0.1) is 0 Å². The second-order valence-corrected chi connectivity index (χ2v) is 2.52. The molecule has 0 amide bonds. The number of nitrogens with zero attached hydrogens (tertiary/aromatic N) is 2. The Morgan fingerprint density at radius 3 is 2.91 bits per heavy atom. The van der Waals surface area contributed by atoms with Crippen molar-refractivity contribution in [3.05, 3.63) is 34.8 Å². The van der Waals surface area contributed by atoms with Gasteiger partial charge < -0.3 is 0 Å². The summed E-state index contributed by atoms with van der Waals surface area (Å²) in [4.78, 5) is 0. The summed E-state index contributed by atoms with van der Waals surface area (Å²) >= 11 is 0. The van der Waals surface area contributed by atoms with E-state index in [0.717, 1.165) is 17.5 Å². The van der Waals surface area contributed by atoms with E-state index >= 15 is 0 Å². The van der Waals surface area contributed by atoms with Crippen LogP contribution in [-0.4, -0.2) is 0 Å². The van der Waals surface area contributed by atoms with Crippen molar-refractivity contribution in [2.45, 2.75) is 13.3 Å². The number of benzene rings is 1. The van der Waals surface area contributed by atoms with Gasteiger partial charge in [0.1, 0.15) is 0 Å². The molecular formula is C9H9N2. The van der Waals surface area contributed by atoms with Crippen LogP contribution in [0, 0.1) is 0 Å². The highest BCUT2D eigenvalue weighted by atomic mass is 15.3. The fraction of sp³-hybridized carbons (Fsp3) is 0.222. The highest BCUT2D eigenvalue weighted by molar-refractivity contribution is 5.42. The number of hydrogen-bond donors (Lipinski definition) is 0. The number of fused-ring (bicyclic) bond motifs is 1. The van der Waals surface area contributed by atoms with Crippen LogP contribution in [0.3, 0.4) is 0 Å². The maximum atomic E-state index is 4.06. The van der Waals surface area contributed by atoms with E-state index < -0.39 is 0 Å². The van der Waals surface area contributed by atoms with Crippen molar-refractivity contribution in [1.29, 1.82) is 0 Å². The van der Waals surface area contributed by atoms with Crippen molar-refractivity contribution >= 4 is 5.70 Å². The quantitative estimate of drug-likeness (QED) is 0.545. The molecule has 0 unspecified atom stereocenters. The second-order valence-electron chi connectivity index (χ2n) is 2.52. The minimum Gasteiger partial charge on any atom is -0.154 e. The summed E-state index contributed by atoms with van der Waals surface area (Å²) in [6, 6.07) is 8.05. The zero-order valence-electron chi connectivity index (χ0n) is 6.41. The van der Waals surface area contributed by atoms with Gasteiger partial charge in [-0.05, 0) is 12.5 Å². The molecule has 1 aliphatic heterocycles. The monoisotopic (exact) mass is 145 g/mol. The molecule has 2 rings (SSSR count). The first-order valence-electron chi connectivity index (χ1n) is 3.79. The van der Waals surface area contributed by atoms with Gasteiger partial charge in [0.2, 0.25) is 0 Å². The molecule has 2 nitrogen and oxygen atoms in total. The summed E-state index contributed by atoms with van der Waals surface area (Å²) in [5.74, 6) is 0. The van der Waals surface area contributed by atoms with Crippen LogP contribution in [0.5, 0.6) is 0 Å². The lowest BCUT2D eigenvalue weighted by atomic mass is 10.2. The zero-order chi connectivity index (χ0) is 7.68. The molecule has 0 aliphatic carbocycles. The minimum absolute atomic E-state index is 0.959. The normalized spacial score (nSPS) is 13.7. The average Bonchev–Trinajstić information content (AvgIpc) is 2.47. The summed E-state index contributed by atoms with van der Waals surface area (Å²) < 4.78 is 0. The molecular weight excluding hydrogens is 136 g/mol. The van der Waals surface area contributed by atoms with Crippen molar-refractivity contribution < 1.29 is 0 Å². The molecule has 11 heavy (non-hydrogen) atoms. The Hall–Kier alpha value is -1.31. The largest absolute Gasteiger partial charge is 0.154 e. The summed E-state index contributed by atoms with van der Waals surface area (Å²) in [6.07, 6.45) is 0.959. The first kappa shape index (κ1) is 6.40. The van der Waals surface area contributed by atoms with Crippen molar-refractivity contribution in [1.82, 2.24) is 5.43 Å². The molecule has 1 aromatic rings. The highest BCUT2D eigenvalue weighted by Gasteiger charge is 2.03. The molecule has 0 fully saturated rings. The molecule has 0 saturated carbocycles. The Morgan fingerprint density at radius 1 is 1.27 bits per heavy atom.